The van der Waals surface area contributed by atoms with Gasteiger partial charge in [0.1, 0.15) is 0 Å². The van der Waals surface area contributed by atoms with Crippen LogP contribution in [0.2, 0.25) is 0 Å². The molecular formula is C28H36N6O4. The van der Waals surface area contributed by atoms with Crippen molar-refractivity contribution in [3.05, 3.63) is 36.4 Å². The molecule has 2 aromatic carbocycles. The third-order valence-electron chi connectivity index (χ3n) is 7.37. The zero-order valence-electron chi connectivity index (χ0n) is 22.3. The minimum Gasteiger partial charge on any atom is -0.379 e. The molecule has 38 heavy (non-hydrogen) atoms. The van der Waals surface area contributed by atoms with Crippen LogP contribution in [0.4, 0.5) is 11.6 Å². The quantitative estimate of drug-likeness (QED) is 0.418. The first-order chi connectivity index (χ1) is 18.5. The molecule has 1 aromatic heterocycles. The number of amides is 2. The summed E-state index contributed by atoms with van der Waals surface area (Å²) in [6.45, 7) is 11.8. The number of morpholine rings is 2. The number of fused-ring (bicyclic) bond motifs is 2. The Bertz CT molecular complexity index is 1190. The Morgan fingerprint density at radius 1 is 0.737 bits per heavy atom. The number of anilines is 2. The largest absolute Gasteiger partial charge is 0.379 e. The van der Waals surface area contributed by atoms with Crippen LogP contribution in [0, 0.1) is 0 Å². The van der Waals surface area contributed by atoms with Crippen molar-refractivity contribution in [3.63, 3.8) is 0 Å². The van der Waals surface area contributed by atoms with Crippen LogP contribution in [0.5, 0.6) is 0 Å². The summed E-state index contributed by atoms with van der Waals surface area (Å²) >= 11 is 0. The molecule has 0 unspecified atom stereocenters. The molecule has 3 heterocycles. The normalized spacial score (nSPS) is 17.1. The summed E-state index contributed by atoms with van der Waals surface area (Å²) in [5.74, 6) is 0.856. The predicted octanol–water partition coefficient (Wildman–Crippen LogP) is 2.15. The molecule has 0 saturated carbocycles. The van der Waals surface area contributed by atoms with Crippen LogP contribution in [0.1, 0.15) is 13.8 Å². The number of carbonyl (C=O) groups is 2. The van der Waals surface area contributed by atoms with E-state index in [2.05, 4.69) is 32.1 Å². The first-order valence-corrected chi connectivity index (χ1v) is 13.4. The zero-order valence-corrected chi connectivity index (χ0v) is 22.3. The fourth-order valence-corrected chi connectivity index (χ4v) is 5.17. The molecule has 0 atom stereocenters. The van der Waals surface area contributed by atoms with Gasteiger partial charge >= 0.3 is 0 Å². The molecule has 3 aromatic rings. The number of nitrogens with zero attached hydrogens (tertiary/aromatic N) is 6. The molecule has 2 saturated heterocycles. The van der Waals surface area contributed by atoms with Crippen molar-refractivity contribution in [2.75, 3.05) is 88.6 Å². The molecule has 2 aliphatic heterocycles. The summed E-state index contributed by atoms with van der Waals surface area (Å²) in [6.07, 6.45) is 0. The molecule has 0 aliphatic carbocycles. The van der Waals surface area contributed by atoms with Gasteiger partial charge in [-0.1, -0.05) is 24.3 Å². The Morgan fingerprint density at radius 3 is 1.50 bits per heavy atom. The Kier molecular flexibility index (Phi) is 8.43. The van der Waals surface area contributed by atoms with Gasteiger partial charge in [-0.15, -0.1) is 10.2 Å². The maximum Gasteiger partial charge on any atom is 0.225 e. The summed E-state index contributed by atoms with van der Waals surface area (Å²) in [4.78, 5) is 33.7. The van der Waals surface area contributed by atoms with Gasteiger partial charge in [0, 0.05) is 77.0 Å². The van der Waals surface area contributed by atoms with E-state index in [4.69, 9.17) is 9.47 Å². The number of aromatic nitrogens is 2. The van der Waals surface area contributed by atoms with Crippen molar-refractivity contribution in [2.24, 2.45) is 0 Å². The number of rotatable bonds is 8. The van der Waals surface area contributed by atoms with E-state index >= 15 is 0 Å². The highest BCUT2D eigenvalue weighted by Crippen LogP contribution is 2.34. The number of benzene rings is 2. The minimum atomic E-state index is -0.0921. The highest BCUT2D eigenvalue weighted by atomic mass is 16.5. The number of hydrogen-bond acceptors (Lipinski definition) is 8. The van der Waals surface area contributed by atoms with Gasteiger partial charge in [-0.05, 0) is 22.9 Å². The summed E-state index contributed by atoms with van der Waals surface area (Å²) in [5, 5.41) is 12.9. The lowest BCUT2D eigenvalue weighted by Gasteiger charge is -2.31. The summed E-state index contributed by atoms with van der Waals surface area (Å²) in [7, 11) is 0. The molecule has 0 radical (unpaired) electrons. The highest BCUT2D eigenvalue weighted by molar-refractivity contribution is 6.12. The van der Waals surface area contributed by atoms with Crippen LogP contribution in [-0.4, -0.2) is 111 Å². The third kappa shape index (κ3) is 5.94. The van der Waals surface area contributed by atoms with E-state index in [-0.39, 0.29) is 11.8 Å². The van der Waals surface area contributed by atoms with E-state index in [1.54, 1.807) is 23.6 Å². The van der Waals surface area contributed by atoms with Crippen LogP contribution in [0.15, 0.2) is 36.4 Å². The number of carbonyl (C=O) groups excluding carboxylic acids is 2. The second-order valence-electron chi connectivity index (χ2n) is 9.84. The molecule has 10 heteroatoms. The maximum absolute atomic E-state index is 12.9. The molecular weight excluding hydrogens is 484 g/mol. The van der Waals surface area contributed by atoms with Crippen molar-refractivity contribution in [3.8, 4) is 0 Å². The van der Waals surface area contributed by atoms with Crippen molar-refractivity contribution in [2.45, 2.75) is 13.8 Å². The van der Waals surface area contributed by atoms with Crippen molar-refractivity contribution in [1.82, 2.24) is 20.0 Å². The first kappa shape index (κ1) is 26.4. The van der Waals surface area contributed by atoms with E-state index < -0.39 is 0 Å². The standard InChI is InChI=1S/C28H36N6O4/c1-21(35)33(9-7-31-11-15-37-16-12-31)27-25-19-23-5-3-4-6-24(23)20-26(25)28(30-29-27)34(22(2)36)10-8-32-13-17-38-18-14-32/h3-6,19-20H,7-18H2,1-2H3. The van der Waals surface area contributed by atoms with Gasteiger partial charge < -0.3 is 9.47 Å². The smallest absolute Gasteiger partial charge is 0.225 e. The van der Waals surface area contributed by atoms with E-state index in [1.165, 1.54) is 0 Å². The van der Waals surface area contributed by atoms with E-state index in [0.717, 1.165) is 60.8 Å². The Labute approximate surface area is 223 Å². The monoisotopic (exact) mass is 520 g/mol. The second kappa shape index (κ2) is 12.1. The molecule has 2 aliphatic rings. The average Bonchev–Trinajstić information content (AvgIpc) is 2.93. The minimum absolute atomic E-state index is 0.0921. The molecule has 5 rings (SSSR count). The van der Waals surface area contributed by atoms with Gasteiger partial charge in [0.25, 0.3) is 0 Å². The van der Waals surface area contributed by atoms with Crippen LogP contribution in [0.25, 0.3) is 21.5 Å². The van der Waals surface area contributed by atoms with E-state index in [0.29, 0.717) is 51.2 Å². The first-order valence-electron chi connectivity index (χ1n) is 13.4. The fraction of sp³-hybridized carbons (Fsp3) is 0.500. The van der Waals surface area contributed by atoms with E-state index in [9.17, 15) is 9.59 Å². The fourth-order valence-electron chi connectivity index (χ4n) is 5.17. The summed E-state index contributed by atoms with van der Waals surface area (Å²) in [6, 6.07) is 12.2. The SMILES string of the molecule is CC(=O)N(CCN1CCOCC1)c1nnc(N(CCN2CCOCC2)C(C)=O)c2cc3ccccc3cc12. The molecule has 10 nitrogen and oxygen atoms in total. The molecule has 0 bridgehead atoms. The molecule has 0 N–H and O–H groups in total. The maximum atomic E-state index is 12.9. The van der Waals surface area contributed by atoms with Crippen LogP contribution in [-0.2, 0) is 19.1 Å². The predicted molar refractivity (Wildman–Crippen MR) is 148 cm³/mol. The van der Waals surface area contributed by atoms with Crippen LogP contribution < -0.4 is 9.80 Å². The van der Waals surface area contributed by atoms with Gasteiger partial charge in [0.2, 0.25) is 11.8 Å². The van der Waals surface area contributed by atoms with Gasteiger partial charge in [0.05, 0.1) is 26.4 Å². The van der Waals surface area contributed by atoms with Crippen molar-refractivity contribution < 1.29 is 19.1 Å². The lowest BCUT2D eigenvalue weighted by atomic mass is 10.0. The number of hydrogen-bond donors (Lipinski definition) is 0. The summed E-state index contributed by atoms with van der Waals surface area (Å²) < 4.78 is 10.9. The van der Waals surface area contributed by atoms with Gasteiger partial charge in [-0.2, -0.15) is 0 Å². The molecule has 2 fully saturated rings. The van der Waals surface area contributed by atoms with Crippen molar-refractivity contribution in [1.29, 1.82) is 0 Å². The Balaban J connectivity index is 1.53. The molecule has 202 valence electrons. The Hall–Kier alpha value is -3.18. The van der Waals surface area contributed by atoms with Crippen LogP contribution in [0.3, 0.4) is 0 Å². The third-order valence-corrected chi connectivity index (χ3v) is 7.37. The summed E-state index contributed by atoms with van der Waals surface area (Å²) in [5.41, 5.74) is 0. The highest BCUT2D eigenvalue weighted by Gasteiger charge is 2.25. The second-order valence-corrected chi connectivity index (χ2v) is 9.84. The number of ether oxygens (including phenoxy) is 2. The Morgan fingerprint density at radius 2 is 1.13 bits per heavy atom. The zero-order chi connectivity index (χ0) is 26.5. The average molecular weight is 521 g/mol. The van der Waals surface area contributed by atoms with Crippen molar-refractivity contribution >= 4 is 45.0 Å². The van der Waals surface area contributed by atoms with Gasteiger partial charge in [0.15, 0.2) is 11.6 Å². The lowest BCUT2D eigenvalue weighted by Crippen LogP contribution is -2.43. The lowest BCUT2D eigenvalue weighted by molar-refractivity contribution is -0.117. The van der Waals surface area contributed by atoms with Gasteiger partial charge in [-0.25, -0.2) is 0 Å². The molecule has 0 spiro atoms. The molecule has 2 amide bonds. The van der Waals surface area contributed by atoms with Gasteiger partial charge in [-0.3, -0.25) is 29.2 Å². The topological polar surface area (TPSA) is 91.3 Å². The van der Waals surface area contributed by atoms with Crippen LogP contribution >= 0.6 is 0 Å². The van der Waals surface area contributed by atoms with E-state index in [1.807, 2.05) is 24.3 Å².